The minimum absolute atomic E-state index is 0.0445. The van der Waals surface area contributed by atoms with Crippen molar-refractivity contribution in [2.45, 2.75) is 88.0 Å². The number of hydrogen-bond donors (Lipinski definition) is 4. The van der Waals surface area contributed by atoms with Crippen LogP contribution in [0.3, 0.4) is 0 Å². The third kappa shape index (κ3) is 6.75. The van der Waals surface area contributed by atoms with E-state index < -0.39 is 125 Å². The van der Waals surface area contributed by atoms with E-state index in [1.807, 2.05) is 0 Å². The van der Waals surface area contributed by atoms with Gasteiger partial charge < -0.3 is 54.4 Å². The van der Waals surface area contributed by atoms with E-state index in [-0.39, 0.29) is 53.2 Å². The van der Waals surface area contributed by atoms with Crippen LogP contribution in [0.1, 0.15) is 81.5 Å². The van der Waals surface area contributed by atoms with Crippen molar-refractivity contribution in [3.05, 3.63) is 73.6 Å². The fourth-order valence-electron chi connectivity index (χ4n) is 8.59. The predicted molar refractivity (Wildman–Crippen MR) is 198 cm³/mol. The van der Waals surface area contributed by atoms with Gasteiger partial charge in [-0.2, -0.15) is 10.5 Å². The van der Waals surface area contributed by atoms with E-state index in [9.17, 15) is 60.2 Å². The maximum absolute atomic E-state index is 14.0. The lowest BCUT2D eigenvalue weighted by atomic mass is 9.72. The largest absolute Gasteiger partial charge is 0.507 e. The Kier molecular flexibility index (Phi) is 10.8. The molecule has 314 valence electrons. The van der Waals surface area contributed by atoms with Crippen LogP contribution >= 0.6 is 0 Å². The minimum Gasteiger partial charge on any atom is -0.507 e. The predicted octanol–water partition coefficient (Wildman–Crippen LogP) is 1.45. The standard InChI is InChI=1S/C39H39N7O14/c1-17-32(48)24(45-19(11-40)14-44(15-20(45)12-41)38(53)58-16-21-13-42-37(43(21)3)46(55)56)8-27(59-17)60-26-10-39(54,18(2)47)9-23-29(26)36(52)31-30(34(23)50)33(49)22-6-5-7-25(57-4)28(22)35(31)51/h5-7,13,17,19-20,24,26-27,32,48,50,52,54H,8-10,14-16H2,1-4H3/t17?,19?,20?,24?,26-,27-,32?,39-/m0/s1. The lowest BCUT2D eigenvalue weighted by Crippen LogP contribution is -2.67. The zero-order valence-electron chi connectivity index (χ0n) is 32.6. The molecule has 1 amide bonds. The molecule has 3 aromatic rings. The molecule has 0 radical (unpaired) electrons. The van der Waals surface area contributed by atoms with E-state index >= 15 is 0 Å². The maximum Gasteiger partial charge on any atom is 0.434 e. The lowest BCUT2D eigenvalue weighted by molar-refractivity contribution is -0.396. The van der Waals surface area contributed by atoms with E-state index in [1.165, 1.54) is 50.4 Å². The fourth-order valence-corrected chi connectivity index (χ4v) is 8.59. The summed E-state index contributed by atoms with van der Waals surface area (Å²) < 4.78 is 24.2. The van der Waals surface area contributed by atoms with Crippen LogP contribution in [0.4, 0.5) is 10.7 Å². The van der Waals surface area contributed by atoms with Gasteiger partial charge in [-0.1, -0.05) is 17.1 Å². The van der Waals surface area contributed by atoms with Crippen molar-refractivity contribution < 1.29 is 63.5 Å². The molecule has 5 unspecified atom stereocenters. The summed E-state index contributed by atoms with van der Waals surface area (Å²) in [6, 6.07) is 5.04. The first-order chi connectivity index (χ1) is 28.5. The number of carbonyl (C=O) groups excluding carboxylic acids is 4. The number of aliphatic hydroxyl groups excluding tert-OH is 1. The van der Waals surface area contributed by atoms with Crippen molar-refractivity contribution in [1.29, 1.82) is 10.5 Å². The van der Waals surface area contributed by atoms with E-state index in [4.69, 9.17) is 18.9 Å². The molecule has 2 fully saturated rings. The first-order valence-electron chi connectivity index (χ1n) is 18.7. The number of hydrogen-bond acceptors (Lipinski definition) is 18. The highest BCUT2D eigenvalue weighted by Crippen LogP contribution is 2.52. The molecule has 0 saturated carbocycles. The second-order valence-corrected chi connectivity index (χ2v) is 15.1. The van der Waals surface area contributed by atoms with E-state index in [0.29, 0.717) is 0 Å². The van der Waals surface area contributed by atoms with Crippen molar-refractivity contribution in [1.82, 2.24) is 19.4 Å². The zero-order chi connectivity index (χ0) is 43.5. The number of aromatic hydroxyl groups is 2. The quantitative estimate of drug-likeness (QED) is 0.111. The highest BCUT2D eigenvalue weighted by atomic mass is 16.7. The highest BCUT2D eigenvalue weighted by Gasteiger charge is 2.52. The van der Waals surface area contributed by atoms with Gasteiger partial charge in [-0.15, -0.1) is 0 Å². The van der Waals surface area contributed by atoms with Crippen molar-refractivity contribution in [2.24, 2.45) is 7.05 Å². The molecule has 7 rings (SSSR count). The normalized spacial score (nSPS) is 27.5. The summed E-state index contributed by atoms with van der Waals surface area (Å²) in [4.78, 5) is 70.7. The molecule has 2 saturated heterocycles. The Morgan fingerprint density at radius 2 is 1.77 bits per heavy atom. The maximum atomic E-state index is 14.0. The topological polar surface area (TPSA) is 301 Å². The lowest BCUT2D eigenvalue weighted by Gasteiger charge is -2.50. The van der Waals surface area contributed by atoms with Crippen molar-refractivity contribution in [3.8, 4) is 29.4 Å². The first kappa shape index (κ1) is 41.7. The van der Waals surface area contributed by atoms with Crippen LogP contribution in [0, 0.1) is 32.8 Å². The van der Waals surface area contributed by atoms with Crippen LogP contribution in [0.5, 0.6) is 17.2 Å². The second kappa shape index (κ2) is 15.6. The number of piperazine rings is 1. The Bertz CT molecular complexity index is 2400. The highest BCUT2D eigenvalue weighted by molar-refractivity contribution is 6.31. The molecule has 0 bridgehead atoms. The number of aromatic nitrogens is 2. The Morgan fingerprint density at radius 3 is 2.37 bits per heavy atom. The average Bonchev–Trinajstić information content (AvgIpc) is 3.60. The molecule has 4 N–H and O–H groups in total. The van der Waals surface area contributed by atoms with Gasteiger partial charge in [0, 0.05) is 42.0 Å². The van der Waals surface area contributed by atoms with Gasteiger partial charge in [-0.05, 0) is 24.8 Å². The molecule has 4 aliphatic rings. The molecular weight excluding hydrogens is 790 g/mol. The second-order valence-electron chi connectivity index (χ2n) is 15.1. The van der Waals surface area contributed by atoms with Crippen LogP contribution in [0.15, 0.2) is 24.4 Å². The number of nitro groups is 1. The number of fused-ring (bicyclic) bond motifs is 3. The van der Waals surface area contributed by atoms with E-state index in [1.54, 1.807) is 0 Å². The zero-order valence-corrected chi connectivity index (χ0v) is 32.6. The number of ketones is 3. The summed E-state index contributed by atoms with van der Waals surface area (Å²) in [7, 11) is 2.67. The summed E-state index contributed by atoms with van der Waals surface area (Å²) in [5, 5.41) is 78.4. The molecule has 21 nitrogen and oxygen atoms in total. The molecule has 8 atom stereocenters. The van der Waals surface area contributed by atoms with Crippen LogP contribution in [-0.2, 0) is 39.1 Å². The van der Waals surface area contributed by atoms with Gasteiger partial charge in [0.2, 0.25) is 5.78 Å². The number of carbonyl (C=O) groups is 4. The van der Waals surface area contributed by atoms with Gasteiger partial charge in [-0.3, -0.25) is 19.3 Å². The summed E-state index contributed by atoms with van der Waals surface area (Å²) in [6.45, 7) is 1.67. The summed E-state index contributed by atoms with van der Waals surface area (Å²) in [5.41, 5.74) is -3.68. The van der Waals surface area contributed by atoms with Gasteiger partial charge in [0.05, 0.1) is 74.4 Å². The molecule has 2 aromatic carbocycles. The van der Waals surface area contributed by atoms with Gasteiger partial charge in [0.15, 0.2) is 30.2 Å². The van der Waals surface area contributed by atoms with Crippen molar-refractivity contribution in [2.75, 3.05) is 20.2 Å². The molecule has 60 heavy (non-hydrogen) atoms. The first-order valence-corrected chi connectivity index (χ1v) is 18.7. The fraction of sp³-hybridized carbons (Fsp3) is 0.462. The van der Waals surface area contributed by atoms with E-state index in [0.717, 1.165) is 16.4 Å². The minimum atomic E-state index is -2.19. The Labute approximate surface area is 340 Å². The molecule has 2 aliphatic carbocycles. The Balaban J connectivity index is 1.17. The number of imidazole rings is 1. The molecule has 3 heterocycles. The Morgan fingerprint density at radius 1 is 1.10 bits per heavy atom. The van der Waals surface area contributed by atoms with Crippen molar-refractivity contribution in [3.63, 3.8) is 0 Å². The number of rotatable bonds is 8. The number of Topliss-reactive ketones (excluding diaryl/α,β-unsaturated/α-hetero) is 1. The van der Waals surface area contributed by atoms with Gasteiger partial charge in [0.25, 0.3) is 0 Å². The van der Waals surface area contributed by atoms with Gasteiger partial charge in [0.1, 0.15) is 41.1 Å². The van der Waals surface area contributed by atoms with Crippen LogP contribution in [0.2, 0.25) is 0 Å². The molecule has 1 aromatic heterocycles. The number of phenolic OH excluding ortho intramolecular Hbond substituents is 2. The molecular formula is C39H39N7O14. The molecule has 21 heteroatoms. The summed E-state index contributed by atoms with van der Waals surface area (Å²) in [6.07, 6.45) is -6.19. The number of nitrogens with zero attached hydrogens (tertiary/aromatic N) is 7. The number of methoxy groups -OCH3 is 1. The summed E-state index contributed by atoms with van der Waals surface area (Å²) >= 11 is 0. The van der Waals surface area contributed by atoms with Crippen molar-refractivity contribution >= 4 is 29.4 Å². The molecule has 2 aliphatic heterocycles. The van der Waals surface area contributed by atoms with Crippen LogP contribution in [-0.4, -0.2) is 131 Å². The van der Waals surface area contributed by atoms with E-state index in [2.05, 4.69) is 17.1 Å². The third-order valence-corrected chi connectivity index (χ3v) is 11.7. The average molecular weight is 830 g/mol. The number of amides is 1. The molecule has 0 spiro atoms. The van der Waals surface area contributed by atoms with Crippen LogP contribution in [0.25, 0.3) is 0 Å². The number of ether oxygens (including phenoxy) is 4. The summed E-state index contributed by atoms with van der Waals surface area (Å²) in [5.74, 6) is -4.27. The third-order valence-electron chi connectivity index (χ3n) is 11.7. The van der Waals surface area contributed by atoms with Gasteiger partial charge in [-0.25, -0.2) is 9.36 Å². The Hall–Kier alpha value is -6.49. The smallest absolute Gasteiger partial charge is 0.434 e. The number of nitriles is 2. The SMILES string of the molecule is COc1cccc2c1C(=O)c1c(O)c3c(c(O)c1C2=O)C[C@@](O)(C(C)=O)C[C@@H]3O[C@H]1CC(N2C(C#N)CN(C(=O)OCc3cnc([N+](=O)[O-])n3C)CC2C#N)C(O)C(C)O1. The number of aliphatic hydroxyl groups is 2. The monoisotopic (exact) mass is 829 g/mol. The van der Waals surface area contributed by atoms with Crippen LogP contribution < -0.4 is 4.74 Å². The van der Waals surface area contributed by atoms with Gasteiger partial charge >= 0.3 is 12.0 Å². The number of benzene rings is 2. The number of phenols is 2.